The zero-order valence-corrected chi connectivity index (χ0v) is 7.88. The van der Waals surface area contributed by atoms with Crippen molar-refractivity contribution < 1.29 is 18.1 Å². The Labute approximate surface area is 81.6 Å². The van der Waals surface area contributed by atoms with Crippen molar-refractivity contribution >= 4 is 16.3 Å². The van der Waals surface area contributed by atoms with Crippen molar-refractivity contribution in [3.63, 3.8) is 0 Å². The van der Waals surface area contributed by atoms with E-state index in [0.717, 1.165) is 0 Å². The summed E-state index contributed by atoms with van der Waals surface area (Å²) in [4.78, 5) is 0. The largest absolute Gasteiger partial charge is 0.439 e. The van der Waals surface area contributed by atoms with Crippen molar-refractivity contribution in [3.05, 3.63) is 29.8 Å². The number of alkyl halides is 2. The molecular weight excluding hydrogens is 212 g/mol. The summed E-state index contributed by atoms with van der Waals surface area (Å²) < 4.78 is 37.5. The second kappa shape index (κ2) is 5.02. The van der Waals surface area contributed by atoms with Crippen LogP contribution in [0.2, 0.25) is 0 Å². The van der Waals surface area contributed by atoms with Gasteiger partial charge in [0.2, 0.25) is 5.76 Å². The molecule has 1 aromatic rings. The summed E-state index contributed by atoms with van der Waals surface area (Å²) in [5, 5.41) is 8.69. The van der Waals surface area contributed by atoms with Gasteiger partial charge in [0.05, 0.1) is 6.61 Å². The molecule has 0 unspecified atom stereocenters. The fourth-order valence-electron chi connectivity index (χ4n) is 0.806. The van der Waals surface area contributed by atoms with Crippen LogP contribution in [0.25, 0.3) is 0 Å². The van der Waals surface area contributed by atoms with E-state index in [0.29, 0.717) is 5.56 Å². The summed E-state index contributed by atoms with van der Waals surface area (Å²) >= 11 is 0. The van der Waals surface area contributed by atoms with Gasteiger partial charge >= 0.3 is 0 Å². The van der Waals surface area contributed by atoms with Gasteiger partial charge in [-0.25, -0.2) is 8.78 Å². The van der Waals surface area contributed by atoms with Crippen LogP contribution in [0.3, 0.4) is 0 Å². The van der Waals surface area contributed by atoms with Crippen molar-refractivity contribution in [2.45, 2.75) is 12.4 Å². The van der Waals surface area contributed by atoms with Crippen molar-refractivity contribution in [2.24, 2.45) is 4.36 Å². The van der Waals surface area contributed by atoms with Crippen LogP contribution in [0.1, 0.15) is 5.56 Å². The first-order valence-electron chi connectivity index (χ1n) is 3.74. The van der Waals surface area contributed by atoms with Gasteiger partial charge in [0.1, 0.15) is 0 Å². The molecule has 1 aromatic carbocycles. The van der Waals surface area contributed by atoms with Gasteiger partial charge in [0.15, 0.2) is 0 Å². The van der Waals surface area contributed by atoms with E-state index in [1.54, 1.807) is 0 Å². The highest BCUT2D eigenvalue weighted by Crippen LogP contribution is 2.14. The molecule has 0 aromatic heterocycles. The molecule has 6 heteroatoms. The Morgan fingerprint density at radius 1 is 1.36 bits per heavy atom. The van der Waals surface area contributed by atoms with Gasteiger partial charge in [0.25, 0.3) is 0 Å². The SMILES string of the molecule is O=[S-](=Nc1ccc(CO)cc1)C(F)F. The third-order valence-electron chi connectivity index (χ3n) is 1.47. The number of benzene rings is 1. The summed E-state index contributed by atoms with van der Waals surface area (Å²) in [5.41, 5.74) is 0.854. The van der Waals surface area contributed by atoms with Crippen LogP contribution in [0.4, 0.5) is 14.5 Å². The van der Waals surface area contributed by atoms with E-state index >= 15 is 0 Å². The number of nitrogens with zero attached hydrogens (tertiary/aromatic N) is 1. The van der Waals surface area contributed by atoms with E-state index in [1.807, 2.05) is 0 Å². The molecule has 0 aliphatic carbocycles. The lowest BCUT2D eigenvalue weighted by molar-refractivity contribution is 0.244. The highest BCUT2D eigenvalue weighted by molar-refractivity contribution is 7.75. The second-order valence-electron chi connectivity index (χ2n) is 2.45. The molecule has 0 aliphatic heterocycles. The van der Waals surface area contributed by atoms with Crippen LogP contribution in [-0.4, -0.2) is 10.9 Å². The average Bonchev–Trinajstić information content (AvgIpc) is 2.19. The fourth-order valence-corrected chi connectivity index (χ4v) is 1.22. The molecule has 78 valence electrons. The lowest BCUT2D eigenvalue weighted by atomic mass is 10.2. The third-order valence-corrected chi connectivity index (χ3v) is 2.16. The Morgan fingerprint density at radius 2 is 1.93 bits per heavy atom. The van der Waals surface area contributed by atoms with Crippen molar-refractivity contribution in [3.8, 4) is 0 Å². The summed E-state index contributed by atoms with van der Waals surface area (Å²) in [5.74, 6) is -2.97. The highest BCUT2D eigenvalue weighted by Gasteiger charge is 1.92. The first kappa shape index (κ1) is 11.1. The number of halogens is 2. The van der Waals surface area contributed by atoms with Crippen LogP contribution in [0.5, 0.6) is 0 Å². The Morgan fingerprint density at radius 3 is 2.36 bits per heavy atom. The van der Waals surface area contributed by atoms with Crippen molar-refractivity contribution in [2.75, 3.05) is 0 Å². The second-order valence-corrected chi connectivity index (χ2v) is 3.54. The van der Waals surface area contributed by atoms with Gasteiger partial charge in [-0.3, -0.25) is 0 Å². The Bertz CT molecular complexity index is 371. The summed E-state index contributed by atoms with van der Waals surface area (Å²) in [7, 11) is -2.50. The van der Waals surface area contributed by atoms with E-state index in [9.17, 15) is 13.0 Å². The molecule has 0 amide bonds. The topological polar surface area (TPSA) is 49.7 Å². The van der Waals surface area contributed by atoms with E-state index in [4.69, 9.17) is 5.11 Å². The van der Waals surface area contributed by atoms with Gasteiger partial charge in [-0.15, -0.1) is 10.6 Å². The van der Waals surface area contributed by atoms with Gasteiger partial charge < -0.3 is 13.7 Å². The number of hydrogen-bond acceptors (Lipinski definition) is 4. The molecule has 0 spiro atoms. The molecule has 0 heterocycles. The summed E-state index contributed by atoms with van der Waals surface area (Å²) in [6.45, 7) is -0.127. The monoisotopic (exact) mass is 220 g/mol. The molecule has 14 heavy (non-hydrogen) atoms. The maximum absolute atomic E-state index is 11.8. The minimum Gasteiger partial charge on any atom is -0.439 e. The van der Waals surface area contributed by atoms with E-state index in [1.165, 1.54) is 24.3 Å². The summed E-state index contributed by atoms with van der Waals surface area (Å²) in [6, 6.07) is 5.90. The number of hydrogen-bond donors (Lipinski definition) is 1. The molecule has 1 rings (SSSR count). The Kier molecular flexibility index (Phi) is 3.97. The summed E-state index contributed by atoms with van der Waals surface area (Å²) in [6.07, 6.45) is 0. The molecule has 1 N–H and O–H groups in total. The fraction of sp³-hybridized carbons (Fsp3) is 0.250. The van der Waals surface area contributed by atoms with E-state index in [-0.39, 0.29) is 12.3 Å². The first-order chi connectivity index (χ1) is 6.63. The van der Waals surface area contributed by atoms with Gasteiger partial charge in [-0.2, -0.15) is 0 Å². The minimum absolute atomic E-state index is 0.127. The molecule has 0 atom stereocenters. The lowest BCUT2D eigenvalue weighted by Gasteiger charge is -2.03. The molecule has 0 saturated carbocycles. The smallest absolute Gasteiger partial charge is 0.209 e. The molecule has 3 nitrogen and oxygen atoms in total. The van der Waals surface area contributed by atoms with Crippen LogP contribution < -0.4 is 0 Å². The maximum Gasteiger partial charge on any atom is 0.209 e. The zero-order chi connectivity index (χ0) is 10.6. The predicted molar refractivity (Wildman–Crippen MR) is 48.5 cm³/mol. The van der Waals surface area contributed by atoms with Gasteiger partial charge in [-0.05, 0) is 17.7 Å². The standard InChI is InChI=1S/C8H8F2NO2S/c9-8(10)14(13)11-7-3-1-6(5-12)2-4-7/h1-4,8,12H,5H2/q-1. The zero-order valence-electron chi connectivity index (χ0n) is 7.06. The normalized spacial score (nSPS) is 13.4. The quantitative estimate of drug-likeness (QED) is 0.794. The van der Waals surface area contributed by atoms with Gasteiger partial charge in [0, 0.05) is 5.69 Å². The predicted octanol–water partition coefficient (Wildman–Crippen LogP) is 2.18. The first-order valence-corrected chi connectivity index (χ1v) is 4.91. The van der Waals surface area contributed by atoms with Crippen LogP contribution >= 0.6 is 0 Å². The maximum atomic E-state index is 11.8. The Hall–Kier alpha value is -1.01. The van der Waals surface area contributed by atoms with E-state index in [2.05, 4.69) is 4.36 Å². The highest BCUT2D eigenvalue weighted by atomic mass is 32.2. The van der Waals surface area contributed by atoms with Crippen LogP contribution in [0, 0.1) is 0 Å². The third kappa shape index (κ3) is 3.04. The van der Waals surface area contributed by atoms with Crippen LogP contribution in [0.15, 0.2) is 28.6 Å². The van der Waals surface area contributed by atoms with Gasteiger partial charge in [-0.1, -0.05) is 12.1 Å². The van der Waals surface area contributed by atoms with E-state index < -0.39 is 16.4 Å². The Balaban J connectivity index is 2.88. The molecule has 0 saturated heterocycles. The average molecular weight is 220 g/mol. The molecule has 0 bridgehead atoms. The number of rotatable bonds is 3. The molecule has 0 radical (unpaired) electrons. The van der Waals surface area contributed by atoms with Crippen molar-refractivity contribution in [1.29, 1.82) is 0 Å². The van der Waals surface area contributed by atoms with Crippen LogP contribution in [-0.2, 0) is 21.4 Å². The molecular formula is C8H8F2NO2S-. The molecule has 0 aliphatic rings. The minimum atomic E-state index is -2.97. The van der Waals surface area contributed by atoms with Crippen molar-refractivity contribution in [1.82, 2.24) is 0 Å². The number of aliphatic hydroxyl groups excluding tert-OH is 1. The lowest BCUT2D eigenvalue weighted by Crippen LogP contribution is -1.89. The molecule has 0 fully saturated rings. The number of aliphatic hydroxyl groups is 1.